The van der Waals surface area contributed by atoms with Crippen LogP contribution in [0.25, 0.3) is 5.78 Å². The summed E-state index contributed by atoms with van der Waals surface area (Å²) in [6.07, 6.45) is 0.947. The smallest absolute Gasteiger partial charge is 0.252 e. The zero-order valence-corrected chi connectivity index (χ0v) is 17.8. The molecule has 3 N–H and O–H groups in total. The summed E-state index contributed by atoms with van der Waals surface area (Å²) in [6.45, 7) is 6.14. The normalized spacial score (nSPS) is 10.7. The van der Waals surface area contributed by atoms with Crippen molar-refractivity contribution in [3.63, 3.8) is 0 Å². The molecule has 0 aliphatic heterocycles. The monoisotopic (exact) mass is 452 g/mol. The lowest BCUT2D eigenvalue weighted by Gasteiger charge is -2.11. The van der Waals surface area contributed by atoms with Gasteiger partial charge in [0.2, 0.25) is 5.91 Å². The summed E-state index contributed by atoms with van der Waals surface area (Å²) in [6, 6.07) is 5.75. The Kier molecular flexibility index (Phi) is 6.91. The number of carbonyl (C=O) groups is 1. The van der Waals surface area contributed by atoms with E-state index >= 15 is 0 Å². The first kappa shape index (κ1) is 21.3. The zero-order chi connectivity index (χ0) is 18.8. The predicted molar refractivity (Wildman–Crippen MR) is 111 cm³/mol. The number of carbonyl (C=O) groups excluding carboxylic acids is 1. The molecule has 0 atom stereocenters. The Balaban J connectivity index is 0.00000261. The van der Waals surface area contributed by atoms with Crippen molar-refractivity contribution in [2.45, 2.75) is 40.2 Å². The molecule has 0 bridgehead atoms. The molecule has 0 spiro atoms. The standard InChI is InChI=1S/C18H21BrN6O.ClH/c1-10-8-13(4-6-15(10)19)22-17(26)7-5-14-11(2)21-18-23-16(9-20)24-25(18)12(14)3;/h4,6,8H,5,7,9,20H2,1-3H3,(H,22,26);1H. The predicted octanol–water partition coefficient (Wildman–Crippen LogP) is 3.26. The number of benzene rings is 1. The minimum atomic E-state index is -0.0353. The minimum absolute atomic E-state index is 0. The third-order valence-electron chi connectivity index (χ3n) is 4.32. The van der Waals surface area contributed by atoms with Gasteiger partial charge in [-0.2, -0.15) is 4.98 Å². The second-order valence-corrected chi connectivity index (χ2v) is 7.07. The molecule has 1 aromatic carbocycles. The minimum Gasteiger partial charge on any atom is -0.326 e. The number of amides is 1. The second kappa shape index (κ2) is 8.77. The van der Waals surface area contributed by atoms with E-state index in [2.05, 4.69) is 36.3 Å². The molecule has 7 nitrogen and oxygen atoms in total. The zero-order valence-electron chi connectivity index (χ0n) is 15.4. The van der Waals surface area contributed by atoms with Crippen molar-refractivity contribution in [1.29, 1.82) is 0 Å². The second-order valence-electron chi connectivity index (χ2n) is 6.22. The van der Waals surface area contributed by atoms with Gasteiger partial charge < -0.3 is 11.1 Å². The number of anilines is 1. The van der Waals surface area contributed by atoms with Crippen molar-refractivity contribution in [1.82, 2.24) is 19.6 Å². The third-order valence-corrected chi connectivity index (χ3v) is 5.21. The van der Waals surface area contributed by atoms with Crippen LogP contribution in [-0.2, 0) is 17.8 Å². The van der Waals surface area contributed by atoms with Crippen LogP contribution in [0.2, 0.25) is 0 Å². The number of hydrogen-bond acceptors (Lipinski definition) is 5. The SMILES string of the molecule is Cc1cc(NC(=O)CCc2c(C)nc3nc(CN)nn3c2C)ccc1Br.Cl. The van der Waals surface area contributed by atoms with Crippen LogP contribution >= 0.6 is 28.3 Å². The van der Waals surface area contributed by atoms with E-state index in [9.17, 15) is 4.79 Å². The maximum atomic E-state index is 12.3. The highest BCUT2D eigenvalue weighted by Crippen LogP contribution is 2.21. The Bertz CT molecular complexity index is 988. The number of aromatic nitrogens is 4. The van der Waals surface area contributed by atoms with Gasteiger partial charge in [0.25, 0.3) is 5.78 Å². The summed E-state index contributed by atoms with van der Waals surface area (Å²) in [4.78, 5) is 21.1. The molecular formula is C18H22BrClN6O. The van der Waals surface area contributed by atoms with Crippen LogP contribution in [0.15, 0.2) is 22.7 Å². The Labute approximate surface area is 172 Å². The summed E-state index contributed by atoms with van der Waals surface area (Å²) >= 11 is 3.46. The van der Waals surface area contributed by atoms with Gasteiger partial charge in [-0.1, -0.05) is 15.9 Å². The summed E-state index contributed by atoms with van der Waals surface area (Å²) in [5, 5.41) is 7.30. The summed E-state index contributed by atoms with van der Waals surface area (Å²) in [5.74, 6) is 1.06. The molecule has 2 aromatic heterocycles. The number of aryl methyl sites for hydroxylation is 3. The fraction of sp³-hybridized carbons (Fsp3) is 0.333. The molecule has 0 unspecified atom stereocenters. The van der Waals surface area contributed by atoms with Crippen molar-refractivity contribution in [3.05, 3.63) is 51.0 Å². The lowest BCUT2D eigenvalue weighted by atomic mass is 10.1. The van der Waals surface area contributed by atoms with Crippen LogP contribution in [0.4, 0.5) is 5.69 Å². The van der Waals surface area contributed by atoms with E-state index in [0.29, 0.717) is 24.4 Å². The van der Waals surface area contributed by atoms with Gasteiger partial charge in [0, 0.05) is 28.0 Å². The van der Waals surface area contributed by atoms with Crippen molar-refractivity contribution < 1.29 is 4.79 Å². The number of rotatable bonds is 5. The van der Waals surface area contributed by atoms with Gasteiger partial charge in [0.15, 0.2) is 5.82 Å². The number of halogens is 2. The number of nitrogens with one attached hydrogen (secondary N) is 1. The average molecular weight is 454 g/mol. The number of nitrogens with two attached hydrogens (primary N) is 1. The highest BCUT2D eigenvalue weighted by Gasteiger charge is 2.14. The van der Waals surface area contributed by atoms with Gasteiger partial charge in [-0.3, -0.25) is 4.79 Å². The first-order valence-electron chi connectivity index (χ1n) is 8.37. The third kappa shape index (κ3) is 4.63. The van der Waals surface area contributed by atoms with E-state index in [-0.39, 0.29) is 24.9 Å². The van der Waals surface area contributed by atoms with Crippen molar-refractivity contribution in [2.24, 2.45) is 5.73 Å². The fourth-order valence-electron chi connectivity index (χ4n) is 2.88. The molecule has 1 amide bonds. The van der Waals surface area contributed by atoms with Gasteiger partial charge in [0.1, 0.15) is 0 Å². The van der Waals surface area contributed by atoms with Crippen molar-refractivity contribution >= 4 is 45.7 Å². The van der Waals surface area contributed by atoms with Crippen molar-refractivity contribution in [2.75, 3.05) is 5.32 Å². The van der Waals surface area contributed by atoms with E-state index in [0.717, 1.165) is 32.7 Å². The van der Waals surface area contributed by atoms with Crippen LogP contribution in [0, 0.1) is 20.8 Å². The Morgan fingerprint density at radius 3 is 2.67 bits per heavy atom. The number of fused-ring (bicyclic) bond motifs is 1. The molecule has 27 heavy (non-hydrogen) atoms. The van der Waals surface area contributed by atoms with E-state index in [1.54, 1.807) is 4.52 Å². The maximum Gasteiger partial charge on any atom is 0.252 e. The first-order chi connectivity index (χ1) is 12.4. The molecule has 0 aliphatic rings. The molecular weight excluding hydrogens is 432 g/mol. The van der Waals surface area contributed by atoms with Gasteiger partial charge in [-0.25, -0.2) is 9.50 Å². The Hall–Kier alpha value is -2.03. The molecule has 3 rings (SSSR count). The fourth-order valence-corrected chi connectivity index (χ4v) is 3.13. The van der Waals surface area contributed by atoms with Crippen LogP contribution in [0.1, 0.15) is 34.8 Å². The summed E-state index contributed by atoms with van der Waals surface area (Å²) in [7, 11) is 0. The van der Waals surface area contributed by atoms with Crippen LogP contribution in [0.5, 0.6) is 0 Å². The molecule has 0 saturated heterocycles. The largest absolute Gasteiger partial charge is 0.326 e. The molecule has 0 fully saturated rings. The first-order valence-corrected chi connectivity index (χ1v) is 9.16. The summed E-state index contributed by atoms with van der Waals surface area (Å²) in [5.41, 5.74) is 10.3. The van der Waals surface area contributed by atoms with Crippen LogP contribution < -0.4 is 11.1 Å². The molecule has 2 heterocycles. The van der Waals surface area contributed by atoms with Gasteiger partial charge in [-0.05, 0) is 56.5 Å². The van der Waals surface area contributed by atoms with E-state index in [1.807, 2.05) is 39.0 Å². The Morgan fingerprint density at radius 1 is 1.26 bits per heavy atom. The topological polar surface area (TPSA) is 98.2 Å². The lowest BCUT2D eigenvalue weighted by Crippen LogP contribution is -2.14. The highest BCUT2D eigenvalue weighted by atomic mass is 79.9. The lowest BCUT2D eigenvalue weighted by molar-refractivity contribution is -0.116. The summed E-state index contributed by atoms with van der Waals surface area (Å²) < 4.78 is 2.71. The van der Waals surface area contributed by atoms with Crippen LogP contribution in [-0.4, -0.2) is 25.5 Å². The average Bonchev–Trinajstić information content (AvgIpc) is 3.01. The van der Waals surface area contributed by atoms with Gasteiger partial charge >= 0.3 is 0 Å². The quantitative estimate of drug-likeness (QED) is 0.618. The molecule has 0 aliphatic carbocycles. The van der Waals surface area contributed by atoms with Crippen molar-refractivity contribution in [3.8, 4) is 0 Å². The molecule has 144 valence electrons. The molecule has 9 heteroatoms. The molecule has 0 radical (unpaired) electrons. The van der Waals surface area contributed by atoms with Crippen LogP contribution in [0.3, 0.4) is 0 Å². The highest BCUT2D eigenvalue weighted by molar-refractivity contribution is 9.10. The maximum absolute atomic E-state index is 12.3. The molecule has 0 saturated carbocycles. The van der Waals surface area contributed by atoms with E-state index in [1.165, 1.54) is 0 Å². The van der Waals surface area contributed by atoms with E-state index in [4.69, 9.17) is 5.73 Å². The molecule has 3 aromatic rings. The number of hydrogen-bond donors (Lipinski definition) is 2. The van der Waals surface area contributed by atoms with Gasteiger partial charge in [-0.15, -0.1) is 17.5 Å². The number of nitrogens with zero attached hydrogens (tertiary/aromatic N) is 4. The Morgan fingerprint density at radius 2 is 2.00 bits per heavy atom. The van der Waals surface area contributed by atoms with E-state index < -0.39 is 0 Å². The van der Waals surface area contributed by atoms with Gasteiger partial charge in [0.05, 0.1) is 6.54 Å².